The normalized spacial score (nSPS) is 11.0. The molecule has 7 heteroatoms. The molecule has 3 aromatic rings. The number of aromatic nitrogens is 3. The van der Waals surface area contributed by atoms with E-state index in [-0.39, 0.29) is 12.3 Å². The van der Waals surface area contributed by atoms with Crippen LogP contribution in [-0.2, 0) is 17.6 Å². The van der Waals surface area contributed by atoms with Crippen LogP contribution in [0.3, 0.4) is 0 Å². The van der Waals surface area contributed by atoms with Crippen molar-refractivity contribution in [2.75, 3.05) is 5.32 Å². The Balaban J connectivity index is 1.75. The van der Waals surface area contributed by atoms with E-state index in [1.165, 1.54) is 11.3 Å². The molecule has 0 radical (unpaired) electrons. The molecule has 0 spiro atoms. The maximum absolute atomic E-state index is 12.1. The maximum atomic E-state index is 12.1. The smallest absolute Gasteiger partial charge is 0.232 e. The van der Waals surface area contributed by atoms with Gasteiger partial charge in [-0.2, -0.15) is 0 Å². The van der Waals surface area contributed by atoms with Gasteiger partial charge in [0.05, 0.1) is 6.42 Å². The molecule has 0 atom stereocenters. The van der Waals surface area contributed by atoms with Crippen molar-refractivity contribution in [1.82, 2.24) is 15.4 Å². The van der Waals surface area contributed by atoms with Crippen molar-refractivity contribution in [3.8, 4) is 0 Å². The molecule has 3 rings (SSSR count). The van der Waals surface area contributed by atoms with Crippen LogP contribution >= 0.6 is 11.3 Å². The number of nitrogens with one attached hydrogen (secondary N) is 1. The molecular formula is C14H14N4O2S. The number of anilines is 1. The van der Waals surface area contributed by atoms with Gasteiger partial charge in [-0.3, -0.25) is 4.79 Å². The first-order chi connectivity index (χ1) is 10.2. The molecule has 0 aliphatic heterocycles. The molecule has 1 amide bonds. The summed E-state index contributed by atoms with van der Waals surface area (Å²) < 4.78 is 5.22. The van der Waals surface area contributed by atoms with E-state index in [1.54, 1.807) is 0 Å². The lowest BCUT2D eigenvalue weighted by atomic mass is 10.1. The predicted octanol–water partition coefficient (Wildman–Crippen LogP) is 2.73. The molecule has 1 N–H and O–H groups in total. The quantitative estimate of drug-likeness (QED) is 0.801. The van der Waals surface area contributed by atoms with Crippen LogP contribution in [0, 0.1) is 6.92 Å². The third-order valence-corrected chi connectivity index (χ3v) is 4.03. The highest BCUT2D eigenvalue weighted by atomic mass is 32.1. The van der Waals surface area contributed by atoms with Gasteiger partial charge in [0.25, 0.3) is 0 Å². The summed E-state index contributed by atoms with van der Waals surface area (Å²) in [7, 11) is 0. The van der Waals surface area contributed by atoms with E-state index >= 15 is 0 Å². The van der Waals surface area contributed by atoms with Crippen molar-refractivity contribution in [3.63, 3.8) is 0 Å². The molecule has 0 saturated carbocycles. The van der Waals surface area contributed by atoms with Crippen molar-refractivity contribution in [2.24, 2.45) is 0 Å². The zero-order valence-corrected chi connectivity index (χ0v) is 12.5. The molecule has 0 aliphatic carbocycles. The van der Waals surface area contributed by atoms with Crippen LogP contribution in [0.4, 0.5) is 5.13 Å². The Bertz CT molecular complexity index is 793. The van der Waals surface area contributed by atoms with Crippen LogP contribution in [0.2, 0.25) is 0 Å². The second-order valence-electron chi connectivity index (χ2n) is 4.71. The monoisotopic (exact) mass is 302 g/mol. The summed E-state index contributed by atoms with van der Waals surface area (Å²) in [5.74, 6) is -0.175. The minimum absolute atomic E-state index is 0.150. The Morgan fingerprint density at radius 3 is 3.00 bits per heavy atom. The van der Waals surface area contributed by atoms with E-state index in [4.69, 9.17) is 4.52 Å². The number of benzene rings is 1. The van der Waals surface area contributed by atoms with Gasteiger partial charge in [0, 0.05) is 5.39 Å². The highest BCUT2D eigenvalue weighted by molar-refractivity contribution is 7.15. The Hall–Kier alpha value is -2.28. The largest absolute Gasteiger partial charge is 0.356 e. The summed E-state index contributed by atoms with van der Waals surface area (Å²) in [6.45, 7) is 3.99. The van der Waals surface area contributed by atoms with Crippen LogP contribution in [-0.4, -0.2) is 21.3 Å². The second-order valence-corrected chi connectivity index (χ2v) is 5.77. The van der Waals surface area contributed by atoms with Crippen LogP contribution in [0.15, 0.2) is 22.7 Å². The summed E-state index contributed by atoms with van der Waals surface area (Å²) in [4.78, 5) is 12.1. The first-order valence-corrected chi connectivity index (χ1v) is 7.44. The average Bonchev–Trinajstić information content (AvgIpc) is 3.06. The number of aryl methyl sites for hydroxylation is 2. The van der Waals surface area contributed by atoms with Crippen molar-refractivity contribution < 1.29 is 9.32 Å². The lowest BCUT2D eigenvalue weighted by Gasteiger charge is -1.98. The highest BCUT2D eigenvalue weighted by Crippen LogP contribution is 2.21. The minimum Gasteiger partial charge on any atom is -0.356 e. The SMILES string of the molecule is CCc1nnc(NC(=O)Cc2noc3ccc(C)cc23)s1. The van der Waals surface area contributed by atoms with Gasteiger partial charge in [0.1, 0.15) is 10.7 Å². The average molecular weight is 302 g/mol. The summed E-state index contributed by atoms with van der Waals surface area (Å²) >= 11 is 1.38. The molecule has 6 nitrogen and oxygen atoms in total. The van der Waals surface area contributed by atoms with Crippen LogP contribution < -0.4 is 5.32 Å². The number of carbonyl (C=O) groups excluding carboxylic acids is 1. The van der Waals surface area contributed by atoms with Gasteiger partial charge in [-0.05, 0) is 25.5 Å². The third kappa shape index (κ3) is 2.92. The molecule has 0 bridgehead atoms. The van der Waals surface area contributed by atoms with Gasteiger partial charge < -0.3 is 9.84 Å². The van der Waals surface area contributed by atoms with Crippen molar-refractivity contribution >= 4 is 33.3 Å². The first kappa shape index (κ1) is 13.7. The number of fused-ring (bicyclic) bond motifs is 1. The summed E-state index contributed by atoms with van der Waals surface area (Å²) in [5, 5.41) is 16.9. The van der Waals surface area contributed by atoms with E-state index in [0.717, 1.165) is 22.4 Å². The van der Waals surface area contributed by atoms with E-state index < -0.39 is 0 Å². The molecule has 1 aromatic carbocycles. The Morgan fingerprint density at radius 1 is 1.38 bits per heavy atom. The number of hydrogen-bond donors (Lipinski definition) is 1. The number of hydrogen-bond acceptors (Lipinski definition) is 6. The van der Waals surface area contributed by atoms with Crippen molar-refractivity contribution in [2.45, 2.75) is 26.7 Å². The van der Waals surface area contributed by atoms with E-state index in [9.17, 15) is 4.79 Å². The standard InChI is InChI=1S/C14H14N4O2S/c1-3-13-16-17-14(21-13)15-12(19)7-10-9-6-8(2)4-5-11(9)20-18-10/h4-6H,3,7H2,1-2H3,(H,15,17,19). The predicted molar refractivity (Wildman–Crippen MR) is 80.4 cm³/mol. The molecule has 0 saturated heterocycles. The van der Waals surface area contributed by atoms with Gasteiger partial charge >= 0.3 is 0 Å². The van der Waals surface area contributed by atoms with E-state index in [0.29, 0.717) is 16.4 Å². The van der Waals surface area contributed by atoms with E-state index in [1.807, 2.05) is 32.0 Å². The third-order valence-electron chi connectivity index (χ3n) is 3.04. The van der Waals surface area contributed by atoms with Crippen molar-refractivity contribution in [3.05, 3.63) is 34.5 Å². The Labute approximate surface area is 125 Å². The van der Waals surface area contributed by atoms with Gasteiger partial charge in [0.15, 0.2) is 5.58 Å². The van der Waals surface area contributed by atoms with Gasteiger partial charge in [-0.1, -0.05) is 35.0 Å². The maximum Gasteiger partial charge on any atom is 0.232 e. The fourth-order valence-corrected chi connectivity index (χ4v) is 2.69. The fraction of sp³-hybridized carbons (Fsp3) is 0.286. The molecular weight excluding hydrogens is 288 g/mol. The van der Waals surface area contributed by atoms with Crippen LogP contribution in [0.25, 0.3) is 11.0 Å². The van der Waals surface area contributed by atoms with Crippen molar-refractivity contribution in [1.29, 1.82) is 0 Å². The number of carbonyl (C=O) groups is 1. The molecule has 108 valence electrons. The van der Waals surface area contributed by atoms with E-state index in [2.05, 4.69) is 20.7 Å². The fourth-order valence-electron chi connectivity index (χ4n) is 1.99. The number of nitrogens with zero attached hydrogens (tertiary/aromatic N) is 3. The number of rotatable bonds is 4. The van der Waals surface area contributed by atoms with Gasteiger partial charge in [-0.15, -0.1) is 10.2 Å². The lowest BCUT2D eigenvalue weighted by molar-refractivity contribution is -0.115. The highest BCUT2D eigenvalue weighted by Gasteiger charge is 2.14. The zero-order chi connectivity index (χ0) is 14.8. The molecule has 2 heterocycles. The van der Waals surface area contributed by atoms with Gasteiger partial charge in [0.2, 0.25) is 11.0 Å². The molecule has 21 heavy (non-hydrogen) atoms. The molecule has 2 aromatic heterocycles. The first-order valence-electron chi connectivity index (χ1n) is 6.63. The molecule has 0 unspecified atom stereocenters. The Morgan fingerprint density at radius 2 is 2.24 bits per heavy atom. The van der Waals surface area contributed by atoms with Crippen LogP contribution in [0.5, 0.6) is 0 Å². The second kappa shape index (κ2) is 5.61. The number of amides is 1. The topological polar surface area (TPSA) is 80.9 Å². The molecule has 0 fully saturated rings. The summed E-state index contributed by atoms with van der Waals surface area (Å²) in [6, 6.07) is 5.77. The summed E-state index contributed by atoms with van der Waals surface area (Å²) in [5.41, 5.74) is 2.42. The Kier molecular flexibility index (Phi) is 3.66. The molecule has 0 aliphatic rings. The van der Waals surface area contributed by atoms with Crippen LogP contribution in [0.1, 0.15) is 23.2 Å². The minimum atomic E-state index is -0.175. The lowest BCUT2D eigenvalue weighted by Crippen LogP contribution is -2.14. The van der Waals surface area contributed by atoms with Gasteiger partial charge in [-0.25, -0.2) is 0 Å². The zero-order valence-electron chi connectivity index (χ0n) is 11.7. The summed E-state index contributed by atoms with van der Waals surface area (Å²) in [6.07, 6.45) is 0.957.